The lowest BCUT2D eigenvalue weighted by Crippen LogP contribution is -2.32. The first-order chi connectivity index (χ1) is 5.49. The second-order valence-corrected chi connectivity index (χ2v) is 2.56. The third-order valence-corrected chi connectivity index (χ3v) is 1.30. The van der Waals surface area contributed by atoms with E-state index in [-0.39, 0.29) is 13.0 Å². The SMILES string of the molecule is CCCN(CCC(O)(O)O)N=O. The maximum absolute atomic E-state index is 10.0. The van der Waals surface area contributed by atoms with Crippen molar-refractivity contribution in [3.8, 4) is 0 Å². The summed E-state index contributed by atoms with van der Waals surface area (Å²) in [6.45, 7) is 2.34. The van der Waals surface area contributed by atoms with Gasteiger partial charge in [-0.2, -0.15) is 0 Å². The average molecular weight is 178 g/mol. The number of hydrogen-bond donors (Lipinski definition) is 3. The Morgan fingerprint density at radius 1 is 1.33 bits per heavy atom. The molecular formula is C6H14N2O4. The third-order valence-electron chi connectivity index (χ3n) is 1.30. The van der Waals surface area contributed by atoms with E-state index in [1.165, 1.54) is 0 Å². The van der Waals surface area contributed by atoms with Crippen LogP contribution in [0.25, 0.3) is 0 Å². The molecule has 12 heavy (non-hydrogen) atoms. The summed E-state index contributed by atoms with van der Waals surface area (Å²) in [6.07, 6.45) is 0.416. The van der Waals surface area contributed by atoms with E-state index in [1.54, 1.807) is 0 Å². The van der Waals surface area contributed by atoms with E-state index >= 15 is 0 Å². The molecule has 0 rings (SSSR count). The lowest BCUT2D eigenvalue weighted by Gasteiger charge is -2.18. The summed E-state index contributed by atoms with van der Waals surface area (Å²) in [6, 6.07) is 0. The van der Waals surface area contributed by atoms with Gasteiger partial charge < -0.3 is 15.3 Å². The minimum absolute atomic E-state index is 0.0286. The van der Waals surface area contributed by atoms with Gasteiger partial charge in [0.15, 0.2) is 0 Å². The standard InChI is InChI=1S/C6H14N2O4/c1-2-4-8(7-12)5-3-6(9,10)11/h9-11H,2-5H2,1H3. The normalized spacial score (nSPS) is 11.3. The van der Waals surface area contributed by atoms with Gasteiger partial charge in [-0.25, -0.2) is 0 Å². The number of aliphatic hydroxyl groups is 3. The van der Waals surface area contributed by atoms with Crippen LogP contribution in [0, 0.1) is 4.91 Å². The van der Waals surface area contributed by atoms with Gasteiger partial charge in [0.25, 0.3) is 5.97 Å². The van der Waals surface area contributed by atoms with Crippen molar-refractivity contribution in [2.24, 2.45) is 5.29 Å². The Balaban J connectivity index is 3.65. The maximum Gasteiger partial charge on any atom is 0.277 e. The van der Waals surface area contributed by atoms with Crippen molar-refractivity contribution in [1.29, 1.82) is 0 Å². The van der Waals surface area contributed by atoms with Crippen LogP contribution in [0.3, 0.4) is 0 Å². The Morgan fingerprint density at radius 3 is 2.25 bits per heavy atom. The van der Waals surface area contributed by atoms with Crippen LogP contribution in [-0.4, -0.2) is 39.4 Å². The minimum atomic E-state index is -2.71. The van der Waals surface area contributed by atoms with Crippen molar-refractivity contribution in [2.45, 2.75) is 25.7 Å². The monoisotopic (exact) mass is 178 g/mol. The van der Waals surface area contributed by atoms with E-state index in [9.17, 15) is 4.91 Å². The molecule has 0 aromatic carbocycles. The summed E-state index contributed by atoms with van der Waals surface area (Å²) in [4.78, 5) is 10.0. The van der Waals surface area contributed by atoms with Gasteiger partial charge in [0, 0.05) is 19.5 Å². The molecule has 0 bridgehead atoms. The van der Waals surface area contributed by atoms with Gasteiger partial charge in [-0.1, -0.05) is 6.92 Å². The molecule has 6 nitrogen and oxygen atoms in total. The largest absolute Gasteiger partial charge is 0.344 e. The predicted molar refractivity (Wildman–Crippen MR) is 41.7 cm³/mol. The van der Waals surface area contributed by atoms with Crippen molar-refractivity contribution in [1.82, 2.24) is 5.01 Å². The summed E-state index contributed by atoms with van der Waals surface area (Å²) in [5, 5.41) is 29.2. The van der Waals surface area contributed by atoms with Crippen LogP contribution in [0.1, 0.15) is 19.8 Å². The number of rotatable bonds is 6. The summed E-state index contributed by atoms with van der Waals surface area (Å²) < 4.78 is 0. The minimum Gasteiger partial charge on any atom is -0.344 e. The zero-order chi connectivity index (χ0) is 9.61. The Kier molecular flexibility index (Phi) is 4.72. The van der Waals surface area contributed by atoms with Gasteiger partial charge in [-0.05, 0) is 6.42 Å². The fourth-order valence-corrected chi connectivity index (χ4v) is 0.731. The van der Waals surface area contributed by atoms with Crippen molar-refractivity contribution in [2.75, 3.05) is 13.1 Å². The molecule has 0 aliphatic rings. The molecule has 0 aliphatic carbocycles. The summed E-state index contributed by atoms with van der Waals surface area (Å²) in [7, 11) is 0. The highest BCUT2D eigenvalue weighted by Gasteiger charge is 2.19. The molecule has 0 aromatic heterocycles. The van der Waals surface area contributed by atoms with Crippen molar-refractivity contribution in [3.05, 3.63) is 4.91 Å². The van der Waals surface area contributed by atoms with E-state index in [2.05, 4.69) is 5.29 Å². The highest BCUT2D eigenvalue weighted by Crippen LogP contribution is 2.03. The maximum atomic E-state index is 10.0. The Hall–Kier alpha value is -0.720. The van der Waals surface area contributed by atoms with Crippen LogP contribution in [0.5, 0.6) is 0 Å². The Bertz CT molecular complexity index is 134. The van der Waals surface area contributed by atoms with Crippen molar-refractivity contribution in [3.63, 3.8) is 0 Å². The highest BCUT2D eigenvalue weighted by molar-refractivity contribution is 4.54. The van der Waals surface area contributed by atoms with Gasteiger partial charge in [0.05, 0.1) is 5.29 Å². The third kappa shape index (κ3) is 6.02. The zero-order valence-electron chi connectivity index (χ0n) is 6.97. The summed E-state index contributed by atoms with van der Waals surface area (Å²) in [5.41, 5.74) is 0. The van der Waals surface area contributed by atoms with Gasteiger partial charge in [0.1, 0.15) is 0 Å². The van der Waals surface area contributed by atoms with E-state index in [4.69, 9.17) is 15.3 Å². The molecule has 0 amide bonds. The topological polar surface area (TPSA) is 93.4 Å². The Morgan fingerprint density at radius 2 is 1.92 bits per heavy atom. The molecule has 0 fully saturated rings. The fourth-order valence-electron chi connectivity index (χ4n) is 0.731. The van der Waals surface area contributed by atoms with Gasteiger partial charge in [-0.15, -0.1) is 4.91 Å². The van der Waals surface area contributed by atoms with Crippen LogP contribution >= 0.6 is 0 Å². The molecule has 0 saturated heterocycles. The molecule has 0 aliphatic heterocycles. The molecule has 0 unspecified atom stereocenters. The lowest BCUT2D eigenvalue weighted by molar-refractivity contribution is -0.315. The highest BCUT2D eigenvalue weighted by atomic mass is 16.7. The van der Waals surface area contributed by atoms with Crippen LogP contribution in [0.4, 0.5) is 0 Å². The van der Waals surface area contributed by atoms with Crippen LogP contribution in [0.2, 0.25) is 0 Å². The summed E-state index contributed by atoms with van der Waals surface area (Å²) in [5.74, 6) is -2.71. The van der Waals surface area contributed by atoms with E-state index < -0.39 is 5.97 Å². The number of nitroso groups, excluding NO2 is 1. The molecule has 0 saturated carbocycles. The quantitative estimate of drug-likeness (QED) is 0.287. The average Bonchev–Trinajstić information content (AvgIpc) is 1.96. The number of nitrogens with zero attached hydrogens (tertiary/aromatic N) is 2. The first-order valence-corrected chi connectivity index (χ1v) is 3.75. The number of hydrogen-bond acceptors (Lipinski definition) is 5. The molecule has 0 radical (unpaired) electrons. The second kappa shape index (κ2) is 5.02. The van der Waals surface area contributed by atoms with Gasteiger partial charge in [0.2, 0.25) is 0 Å². The molecule has 3 N–H and O–H groups in total. The molecule has 0 atom stereocenters. The van der Waals surface area contributed by atoms with Crippen LogP contribution < -0.4 is 0 Å². The van der Waals surface area contributed by atoms with Crippen molar-refractivity contribution < 1.29 is 15.3 Å². The van der Waals surface area contributed by atoms with Gasteiger partial charge >= 0.3 is 0 Å². The van der Waals surface area contributed by atoms with Crippen molar-refractivity contribution >= 4 is 0 Å². The first-order valence-electron chi connectivity index (χ1n) is 3.75. The Labute approximate surface area is 70.4 Å². The second-order valence-electron chi connectivity index (χ2n) is 2.56. The predicted octanol–water partition coefficient (Wildman–Crippen LogP) is -0.599. The smallest absolute Gasteiger partial charge is 0.277 e. The zero-order valence-corrected chi connectivity index (χ0v) is 6.97. The molecule has 0 aromatic rings. The first kappa shape index (κ1) is 11.3. The van der Waals surface area contributed by atoms with E-state index in [1.807, 2.05) is 6.92 Å². The van der Waals surface area contributed by atoms with Crippen LogP contribution in [0.15, 0.2) is 5.29 Å². The summed E-state index contributed by atoms with van der Waals surface area (Å²) >= 11 is 0. The molecule has 72 valence electrons. The molecular weight excluding hydrogens is 164 g/mol. The van der Waals surface area contributed by atoms with E-state index in [0.717, 1.165) is 11.4 Å². The fraction of sp³-hybridized carbons (Fsp3) is 1.00. The lowest BCUT2D eigenvalue weighted by atomic mass is 10.3. The molecule has 0 spiro atoms. The molecule has 0 heterocycles. The van der Waals surface area contributed by atoms with Gasteiger partial charge in [-0.3, -0.25) is 5.01 Å². The van der Waals surface area contributed by atoms with E-state index in [0.29, 0.717) is 6.54 Å². The van der Waals surface area contributed by atoms with Crippen LogP contribution in [-0.2, 0) is 0 Å². The molecule has 6 heteroatoms.